The molecule has 5 heteroatoms. The second kappa shape index (κ2) is 6.08. The van der Waals surface area contributed by atoms with E-state index < -0.39 is 5.97 Å². The topological polar surface area (TPSA) is 49.3 Å². The van der Waals surface area contributed by atoms with Crippen LogP contribution in [0.4, 0.5) is 5.69 Å². The zero-order chi connectivity index (χ0) is 13.8. The molecule has 0 heterocycles. The zero-order valence-electron chi connectivity index (χ0n) is 9.86. The molecule has 19 heavy (non-hydrogen) atoms. The number of carboxylic acids is 1. The van der Waals surface area contributed by atoms with Crippen molar-refractivity contribution in [2.75, 3.05) is 5.32 Å². The van der Waals surface area contributed by atoms with E-state index in [4.69, 9.17) is 16.7 Å². The van der Waals surface area contributed by atoms with Gasteiger partial charge in [0.1, 0.15) is 0 Å². The van der Waals surface area contributed by atoms with Crippen LogP contribution in [0, 0.1) is 0 Å². The summed E-state index contributed by atoms with van der Waals surface area (Å²) in [6, 6.07) is 12.4. The summed E-state index contributed by atoms with van der Waals surface area (Å²) in [7, 11) is 0. The lowest BCUT2D eigenvalue weighted by Crippen LogP contribution is -2.02. The zero-order valence-corrected chi connectivity index (χ0v) is 12.2. The number of anilines is 1. The van der Waals surface area contributed by atoms with Crippen LogP contribution in [0.3, 0.4) is 0 Å². The Morgan fingerprint density at radius 2 is 2.05 bits per heavy atom. The number of nitrogens with one attached hydrogen (secondary N) is 1. The van der Waals surface area contributed by atoms with Gasteiger partial charge in [-0.2, -0.15) is 0 Å². The first-order valence-corrected chi connectivity index (χ1v) is 6.74. The molecule has 0 saturated carbocycles. The van der Waals surface area contributed by atoms with Crippen LogP contribution < -0.4 is 5.32 Å². The van der Waals surface area contributed by atoms with Crippen molar-refractivity contribution < 1.29 is 9.90 Å². The van der Waals surface area contributed by atoms with Gasteiger partial charge in [-0.25, -0.2) is 4.79 Å². The van der Waals surface area contributed by atoms with Crippen molar-refractivity contribution in [2.45, 2.75) is 6.54 Å². The van der Waals surface area contributed by atoms with Gasteiger partial charge in [0.15, 0.2) is 0 Å². The fraction of sp³-hybridized carbons (Fsp3) is 0.0714. The molecule has 0 spiro atoms. The highest BCUT2D eigenvalue weighted by atomic mass is 79.9. The molecule has 0 aliphatic carbocycles. The molecule has 2 rings (SSSR count). The third kappa shape index (κ3) is 3.72. The molecule has 0 aliphatic heterocycles. The van der Waals surface area contributed by atoms with Crippen molar-refractivity contribution in [1.82, 2.24) is 0 Å². The van der Waals surface area contributed by atoms with Crippen LogP contribution in [0.15, 0.2) is 46.9 Å². The summed E-state index contributed by atoms with van der Waals surface area (Å²) in [5.74, 6) is -0.943. The van der Waals surface area contributed by atoms with Crippen molar-refractivity contribution in [3.63, 3.8) is 0 Å². The number of aromatic carboxylic acids is 1. The highest BCUT2D eigenvalue weighted by Crippen LogP contribution is 2.24. The van der Waals surface area contributed by atoms with E-state index in [0.717, 1.165) is 15.7 Å². The fourth-order valence-electron chi connectivity index (χ4n) is 1.64. The first-order valence-electron chi connectivity index (χ1n) is 5.57. The Bertz CT molecular complexity index is 616. The van der Waals surface area contributed by atoms with Crippen LogP contribution >= 0.6 is 27.5 Å². The highest BCUT2D eigenvalue weighted by Gasteiger charge is 2.06. The predicted molar refractivity (Wildman–Crippen MR) is 79.9 cm³/mol. The summed E-state index contributed by atoms with van der Waals surface area (Å²) in [6.07, 6.45) is 0. The van der Waals surface area contributed by atoms with Crippen LogP contribution in [0.5, 0.6) is 0 Å². The van der Waals surface area contributed by atoms with E-state index >= 15 is 0 Å². The average Bonchev–Trinajstić information content (AvgIpc) is 2.37. The second-order valence-electron chi connectivity index (χ2n) is 3.98. The number of rotatable bonds is 4. The van der Waals surface area contributed by atoms with Crippen molar-refractivity contribution in [1.29, 1.82) is 0 Å². The molecular weight excluding hydrogens is 330 g/mol. The van der Waals surface area contributed by atoms with E-state index in [0.29, 0.717) is 11.6 Å². The van der Waals surface area contributed by atoms with Gasteiger partial charge in [-0.15, -0.1) is 0 Å². The van der Waals surface area contributed by atoms with Crippen molar-refractivity contribution >= 4 is 39.2 Å². The van der Waals surface area contributed by atoms with E-state index in [2.05, 4.69) is 21.2 Å². The summed E-state index contributed by atoms with van der Waals surface area (Å²) < 4.78 is 0.717. The number of hydrogen-bond donors (Lipinski definition) is 2. The molecule has 0 atom stereocenters. The third-order valence-corrected chi connectivity index (χ3v) is 3.48. The van der Waals surface area contributed by atoms with Gasteiger partial charge in [0.05, 0.1) is 5.56 Å². The molecule has 0 saturated heterocycles. The predicted octanol–water partition coefficient (Wildman–Crippen LogP) is 4.41. The van der Waals surface area contributed by atoms with Gasteiger partial charge in [-0.3, -0.25) is 0 Å². The van der Waals surface area contributed by atoms with Gasteiger partial charge in [-0.05, 0) is 51.8 Å². The SMILES string of the molecule is O=C(O)c1ccc(NCc2cccc(Cl)c2)c(Br)c1. The molecule has 98 valence electrons. The molecular formula is C14H11BrClNO2. The van der Waals surface area contributed by atoms with Crippen LogP contribution in [-0.4, -0.2) is 11.1 Å². The molecule has 0 amide bonds. The maximum atomic E-state index is 10.8. The summed E-state index contributed by atoms with van der Waals surface area (Å²) in [4.78, 5) is 10.8. The highest BCUT2D eigenvalue weighted by molar-refractivity contribution is 9.10. The Labute approximate surface area is 124 Å². The maximum Gasteiger partial charge on any atom is 0.335 e. The fourth-order valence-corrected chi connectivity index (χ4v) is 2.37. The smallest absolute Gasteiger partial charge is 0.335 e. The standard InChI is InChI=1S/C14H11BrClNO2/c15-12-7-10(14(18)19)4-5-13(12)17-8-9-2-1-3-11(16)6-9/h1-7,17H,8H2,(H,18,19). The van der Waals surface area contributed by atoms with Gasteiger partial charge in [0.2, 0.25) is 0 Å². The molecule has 0 aliphatic rings. The van der Waals surface area contributed by atoms with Crippen molar-refractivity contribution in [3.8, 4) is 0 Å². The Balaban J connectivity index is 2.10. The summed E-state index contributed by atoms with van der Waals surface area (Å²) in [5, 5.41) is 12.8. The number of carboxylic acid groups (broad SMARTS) is 1. The van der Waals surface area contributed by atoms with E-state index in [9.17, 15) is 4.79 Å². The van der Waals surface area contributed by atoms with Gasteiger partial charge >= 0.3 is 5.97 Å². The maximum absolute atomic E-state index is 10.8. The molecule has 2 aromatic carbocycles. The summed E-state index contributed by atoms with van der Waals surface area (Å²) in [6.45, 7) is 0.617. The van der Waals surface area contributed by atoms with Crippen LogP contribution in [0.25, 0.3) is 0 Å². The quantitative estimate of drug-likeness (QED) is 0.866. The number of hydrogen-bond acceptors (Lipinski definition) is 2. The first-order chi connectivity index (χ1) is 9.06. The normalized spacial score (nSPS) is 10.2. The number of halogens is 2. The Morgan fingerprint density at radius 3 is 2.68 bits per heavy atom. The molecule has 0 bridgehead atoms. The molecule has 2 N–H and O–H groups in total. The van der Waals surface area contributed by atoms with Gasteiger partial charge in [0.25, 0.3) is 0 Å². The average molecular weight is 341 g/mol. The molecule has 3 nitrogen and oxygen atoms in total. The van der Waals surface area contributed by atoms with Crippen LogP contribution in [0.2, 0.25) is 5.02 Å². The lowest BCUT2D eigenvalue weighted by atomic mass is 10.2. The van der Waals surface area contributed by atoms with Crippen LogP contribution in [-0.2, 0) is 6.54 Å². The summed E-state index contributed by atoms with van der Waals surface area (Å²) >= 11 is 9.26. The monoisotopic (exact) mass is 339 g/mol. The van der Waals surface area contributed by atoms with Crippen molar-refractivity contribution in [3.05, 3.63) is 63.1 Å². The molecule has 0 fully saturated rings. The van der Waals surface area contributed by atoms with Crippen LogP contribution in [0.1, 0.15) is 15.9 Å². The Kier molecular flexibility index (Phi) is 4.45. The largest absolute Gasteiger partial charge is 0.478 e. The van der Waals surface area contributed by atoms with Gasteiger partial charge in [-0.1, -0.05) is 23.7 Å². The van der Waals surface area contributed by atoms with E-state index in [1.807, 2.05) is 24.3 Å². The third-order valence-electron chi connectivity index (χ3n) is 2.59. The minimum Gasteiger partial charge on any atom is -0.478 e. The molecule has 0 aromatic heterocycles. The minimum atomic E-state index is -0.943. The Morgan fingerprint density at radius 1 is 1.26 bits per heavy atom. The molecule has 2 aromatic rings. The lowest BCUT2D eigenvalue weighted by Gasteiger charge is -2.09. The summed E-state index contributed by atoms with van der Waals surface area (Å²) in [5.41, 5.74) is 2.15. The lowest BCUT2D eigenvalue weighted by molar-refractivity contribution is 0.0697. The van der Waals surface area contributed by atoms with E-state index in [1.54, 1.807) is 18.2 Å². The van der Waals surface area contributed by atoms with Gasteiger partial charge in [0, 0.05) is 21.7 Å². The first kappa shape index (κ1) is 13.9. The second-order valence-corrected chi connectivity index (χ2v) is 5.27. The molecule has 0 radical (unpaired) electrons. The molecule has 0 unspecified atom stereocenters. The van der Waals surface area contributed by atoms with Gasteiger partial charge < -0.3 is 10.4 Å². The van der Waals surface area contributed by atoms with Crippen molar-refractivity contribution in [2.24, 2.45) is 0 Å². The van der Waals surface area contributed by atoms with E-state index in [-0.39, 0.29) is 5.56 Å². The number of benzene rings is 2. The number of carbonyl (C=O) groups is 1. The Hall–Kier alpha value is -1.52. The van der Waals surface area contributed by atoms with E-state index in [1.165, 1.54) is 0 Å². The minimum absolute atomic E-state index is 0.250.